The standard InChI is InChI=1S/C17H26N2O2/c1-4-13(2)19(9-10-20-3)15(12-18)17-11-14-7-5-6-8-16(14)21-17/h5-8,11,13,15H,4,9-10,12,18H2,1-3H3. The first kappa shape index (κ1) is 16.0. The number of ether oxygens (including phenoxy) is 1. The second kappa shape index (κ2) is 7.59. The van der Waals surface area contributed by atoms with Gasteiger partial charge in [0.1, 0.15) is 11.3 Å². The number of rotatable bonds is 8. The lowest BCUT2D eigenvalue weighted by Gasteiger charge is -2.34. The van der Waals surface area contributed by atoms with E-state index in [0.717, 1.165) is 29.7 Å². The van der Waals surface area contributed by atoms with Crippen molar-refractivity contribution in [2.24, 2.45) is 5.73 Å². The van der Waals surface area contributed by atoms with Crippen LogP contribution >= 0.6 is 0 Å². The normalized spacial score (nSPS) is 14.7. The average molecular weight is 290 g/mol. The van der Waals surface area contributed by atoms with E-state index in [-0.39, 0.29) is 6.04 Å². The molecule has 2 atom stereocenters. The van der Waals surface area contributed by atoms with Crippen LogP contribution in [0.2, 0.25) is 0 Å². The smallest absolute Gasteiger partial charge is 0.134 e. The number of hydrogen-bond acceptors (Lipinski definition) is 4. The Morgan fingerprint density at radius 1 is 1.33 bits per heavy atom. The number of nitrogens with two attached hydrogens (primary N) is 1. The molecular weight excluding hydrogens is 264 g/mol. The van der Waals surface area contributed by atoms with Gasteiger partial charge < -0.3 is 14.9 Å². The molecule has 0 fully saturated rings. The molecule has 1 aromatic heterocycles. The van der Waals surface area contributed by atoms with Gasteiger partial charge in [0.15, 0.2) is 0 Å². The van der Waals surface area contributed by atoms with Gasteiger partial charge in [0.25, 0.3) is 0 Å². The van der Waals surface area contributed by atoms with Crippen molar-refractivity contribution >= 4 is 11.0 Å². The van der Waals surface area contributed by atoms with Gasteiger partial charge in [-0.25, -0.2) is 0 Å². The number of hydrogen-bond donors (Lipinski definition) is 1. The molecule has 2 rings (SSSR count). The topological polar surface area (TPSA) is 51.6 Å². The fourth-order valence-electron chi connectivity index (χ4n) is 2.70. The van der Waals surface area contributed by atoms with Gasteiger partial charge in [0.2, 0.25) is 0 Å². The molecule has 2 N–H and O–H groups in total. The Kier molecular flexibility index (Phi) is 5.79. The van der Waals surface area contributed by atoms with Gasteiger partial charge in [-0.2, -0.15) is 0 Å². The van der Waals surface area contributed by atoms with Gasteiger partial charge in [-0.15, -0.1) is 0 Å². The van der Waals surface area contributed by atoms with E-state index < -0.39 is 0 Å². The third kappa shape index (κ3) is 3.64. The number of fused-ring (bicyclic) bond motifs is 1. The second-order valence-corrected chi connectivity index (χ2v) is 5.43. The Hall–Kier alpha value is -1.36. The van der Waals surface area contributed by atoms with E-state index in [1.165, 1.54) is 0 Å². The first-order valence-corrected chi connectivity index (χ1v) is 7.64. The second-order valence-electron chi connectivity index (χ2n) is 5.43. The number of nitrogens with zero attached hydrogens (tertiary/aromatic N) is 1. The van der Waals surface area contributed by atoms with Gasteiger partial charge in [0.05, 0.1) is 12.6 Å². The fourth-order valence-corrected chi connectivity index (χ4v) is 2.70. The molecule has 1 heterocycles. The third-order valence-electron chi connectivity index (χ3n) is 4.11. The summed E-state index contributed by atoms with van der Waals surface area (Å²) < 4.78 is 11.3. The van der Waals surface area contributed by atoms with Crippen LogP contribution in [0.3, 0.4) is 0 Å². The maximum Gasteiger partial charge on any atom is 0.134 e. The summed E-state index contributed by atoms with van der Waals surface area (Å²) in [7, 11) is 1.73. The Labute approximate surface area is 126 Å². The monoisotopic (exact) mass is 290 g/mol. The lowest BCUT2D eigenvalue weighted by atomic mass is 10.1. The molecule has 0 bridgehead atoms. The molecule has 0 radical (unpaired) electrons. The van der Waals surface area contributed by atoms with Crippen molar-refractivity contribution in [3.8, 4) is 0 Å². The Bertz CT molecular complexity index is 519. The van der Waals surface area contributed by atoms with E-state index in [1.807, 2.05) is 18.2 Å². The molecule has 4 heteroatoms. The quantitative estimate of drug-likeness (QED) is 0.811. The SMILES string of the molecule is CCC(C)N(CCOC)C(CN)c1cc2ccccc2o1. The number of methoxy groups -OCH3 is 1. The minimum Gasteiger partial charge on any atom is -0.459 e. The maximum atomic E-state index is 6.05. The highest BCUT2D eigenvalue weighted by Crippen LogP contribution is 2.28. The zero-order chi connectivity index (χ0) is 15.2. The fraction of sp³-hybridized carbons (Fsp3) is 0.529. The van der Waals surface area contributed by atoms with Crippen LogP contribution in [0.5, 0.6) is 0 Å². The Balaban J connectivity index is 2.29. The summed E-state index contributed by atoms with van der Waals surface area (Å²) in [5, 5.41) is 1.13. The predicted octanol–water partition coefficient (Wildman–Crippen LogP) is 3.18. The highest BCUT2D eigenvalue weighted by atomic mass is 16.5. The highest BCUT2D eigenvalue weighted by molar-refractivity contribution is 5.77. The van der Waals surface area contributed by atoms with E-state index in [2.05, 4.69) is 30.9 Å². The number of benzene rings is 1. The summed E-state index contributed by atoms with van der Waals surface area (Å²) in [4.78, 5) is 2.38. The van der Waals surface area contributed by atoms with Crippen LogP contribution in [0.15, 0.2) is 34.7 Å². The summed E-state index contributed by atoms with van der Waals surface area (Å²) >= 11 is 0. The van der Waals surface area contributed by atoms with Crippen LogP contribution < -0.4 is 5.73 Å². The van der Waals surface area contributed by atoms with Gasteiger partial charge in [-0.1, -0.05) is 25.1 Å². The Morgan fingerprint density at radius 2 is 2.10 bits per heavy atom. The van der Waals surface area contributed by atoms with Gasteiger partial charge in [-0.3, -0.25) is 4.90 Å². The zero-order valence-electron chi connectivity index (χ0n) is 13.2. The average Bonchev–Trinajstić information content (AvgIpc) is 2.94. The van der Waals surface area contributed by atoms with Crippen LogP contribution in [0.25, 0.3) is 11.0 Å². The number of furan rings is 1. The number of para-hydroxylation sites is 1. The lowest BCUT2D eigenvalue weighted by Crippen LogP contribution is -2.41. The summed E-state index contributed by atoms with van der Waals surface area (Å²) in [5.74, 6) is 0.940. The van der Waals surface area contributed by atoms with Crippen molar-refractivity contribution in [1.82, 2.24) is 4.90 Å². The molecule has 0 saturated heterocycles. The van der Waals surface area contributed by atoms with E-state index in [1.54, 1.807) is 7.11 Å². The molecule has 0 aliphatic rings. The van der Waals surface area contributed by atoms with Crippen molar-refractivity contribution in [3.05, 3.63) is 36.1 Å². The molecular formula is C17H26N2O2. The first-order valence-electron chi connectivity index (χ1n) is 7.64. The summed E-state index contributed by atoms with van der Waals surface area (Å²) in [6.45, 7) is 6.50. The van der Waals surface area contributed by atoms with Crippen LogP contribution in [0.4, 0.5) is 0 Å². The van der Waals surface area contributed by atoms with Crippen molar-refractivity contribution in [2.75, 3.05) is 26.8 Å². The third-order valence-corrected chi connectivity index (χ3v) is 4.11. The van der Waals surface area contributed by atoms with E-state index in [9.17, 15) is 0 Å². The molecule has 2 aromatic rings. The molecule has 0 spiro atoms. The van der Waals surface area contributed by atoms with Crippen molar-refractivity contribution in [3.63, 3.8) is 0 Å². The molecule has 2 unspecified atom stereocenters. The lowest BCUT2D eigenvalue weighted by molar-refractivity contribution is 0.0822. The largest absolute Gasteiger partial charge is 0.459 e. The zero-order valence-corrected chi connectivity index (χ0v) is 13.2. The highest BCUT2D eigenvalue weighted by Gasteiger charge is 2.25. The van der Waals surface area contributed by atoms with Crippen molar-refractivity contribution in [2.45, 2.75) is 32.4 Å². The van der Waals surface area contributed by atoms with Crippen LogP contribution in [-0.4, -0.2) is 37.7 Å². The van der Waals surface area contributed by atoms with E-state index in [4.69, 9.17) is 14.9 Å². The van der Waals surface area contributed by atoms with Gasteiger partial charge >= 0.3 is 0 Å². The first-order chi connectivity index (χ1) is 10.2. The molecule has 116 valence electrons. The van der Waals surface area contributed by atoms with Crippen LogP contribution in [0.1, 0.15) is 32.1 Å². The van der Waals surface area contributed by atoms with E-state index in [0.29, 0.717) is 19.2 Å². The minimum absolute atomic E-state index is 0.0856. The summed E-state index contributed by atoms with van der Waals surface area (Å²) in [6.07, 6.45) is 1.07. The molecule has 0 amide bonds. The van der Waals surface area contributed by atoms with Crippen molar-refractivity contribution < 1.29 is 9.15 Å². The maximum absolute atomic E-state index is 6.05. The van der Waals surface area contributed by atoms with Gasteiger partial charge in [0, 0.05) is 31.6 Å². The molecule has 1 aromatic carbocycles. The van der Waals surface area contributed by atoms with Crippen LogP contribution in [-0.2, 0) is 4.74 Å². The Morgan fingerprint density at radius 3 is 2.71 bits per heavy atom. The van der Waals surface area contributed by atoms with Crippen molar-refractivity contribution in [1.29, 1.82) is 0 Å². The summed E-state index contributed by atoms with van der Waals surface area (Å²) in [5.41, 5.74) is 6.97. The molecule has 0 aliphatic carbocycles. The molecule has 4 nitrogen and oxygen atoms in total. The summed E-state index contributed by atoms with van der Waals surface area (Å²) in [6, 6.07) is 10.7. The van der Waals surface area contributed by atoms with E-state index >= 15 is 0 Å². The molecule has 21 heavy (non-hydrogen) atoms. The predicted molar refractivity (Wildman–Crippen MR) is 86.3 cm³/mol. The minimum atomic E-state index is 0.0856. The molecule has 0 aliphatic heterocycles. The molecule has 0 saturated carbocycles. The van der Waals surface area contributed by atoms with Crippen LogP contribution in [0, 0.1) is 0 Å². The van der Waals surface area contributed by atoms with Gasteiger partial charge in [-0.05, 0) is 25.5 Å².